The van der Waals surface area contributed by atoms with Crippen LogP contribution in [0.4, 0.5) is 11.4 Å². The van der Waals surface area contributed by atoms with Crippen molar-refractivity contribution in [3.8, 4) is 16.9 Å². The molecular weight excluding hydrogens is 512 g/mol. The molecule has 2 aromatic heterocycles. The molecule has 0 fully saturated rings. The zero-order valence-corrected chi connectivity index (χ0v) is 20.2. The van der Waals surface area contributed by atoms with Gasteiger partial charge in [0.25, 0.3) is 5.69 Å². The summed E-state index contributed by atoms with van der Waals surface area (Å²) < 4.78 is 30.2. The van der Waals surface area contributed by atoms with Gasteiger partial charge in [0.1, 0.15) is 17.0 Å². The fraction of sp³-hybridized carbons (Fsp3) is 0. The van der Waals surface area contributed by atoms with E-state index in [-0.39, 0.29) is 16.9 Å². The first-order valence-electron chi connectivity index (χ1n) is 11.0. The molecule has 12 nitrogen and oxygen atoms in total. The van der Waals surface area contributed by atoms with Crippen LogP contribution in [0.2, 0.25) is 0 Å². The maximum Gasteiger partial charge on any atom is 0.345 e. The topological polar surface area (TPSA) is 176 Å². The van der Waals surface area contributed by atoms with Crippen LogP contribution in [0.1, 0.15) is 5.56 Å². The van der Waals surface area contributed by atoms with Crippen LogP contribution in [0.5, 0.6) is 0 Å². The molecule has 5 aromatic rings. The summed E-state index contributed by atoms with van der Waals surface area (Å²) >= 11 is 0. The van der Waals surface area contributed by atoms with Gasteiger partial charge in [0.2, 0.25) is 10.0 Å². The van der Waals surface area contributed by atoms with Gasteiger partial charge in [-0.2, -0.15) is 10.2 Å². The van der Waals surface area contributed by atoms with E-state index in [1.165, 1.54) is 12.3 Å². The highest BCUT2D eigenvalue weighted by Gasteiger charge is 2.20. The van der Waals surface area contributed by atoms with Gasteiger partial charge in [-0.1, -0.05) is 36.4 Å². The number of aromatic nitrogens is 2. The smallest absolute Gasteiger partial charge is 0.345 e. The molecule has 13 heteroatoms. The average Bonchev–Trinajstić information content (AvgIpc) is 3.32. The molecule has 190 valence electrons. The van der Waals surface area contributed by atoms with Crippen LogP contribution in [0.15, 0.2) is 104 Å². The Kier molecular flexibility index (Phi) is 6.28. The molecule has 38 heavy (non-hydrogen) atoms. The number of hydrogen-bond donors (Lipinski definition) is 2. The van der Waals surface area contributed by atoms with Gasteiger partial charge >= 0.3 is 5.63 Å². The number of rotatable bonds is 7. The fourth-order valence-electron chi connectivity index (χ4n) is 3.74. The van der Waals surface area contributed by atoms with Gasteiger partial charge in [0, 0.05) is 23.2 Å². The Hall–Kier alpha value is -5.14. The second-order valence-electron chi connectivity index (χ2n) is 8.05. The lowest BCUT2D eigenvalue weighted by atomic mass is 10.1. The van der Waals surface area contributed by atoms with Crippen molar-refractivity contribution in [1.82, 2.24) is 9.78 Å². The van der Waals surface area contributed by atoms with Crippen LogP contribution < -0.4 is 16.2 Å². The van der Waals surface area contributed by atoms with Crippen LogP contribution in [0.25, 0.3) is 27.9 Å². The van der Waals surface area contributed by atoms with E-state index in [0.29, 0.717) is 16.5 Å². The summed E-state index contributed by atoms with van der Waals surface area (Å²) in [6.07, 6.45) is 2.98. The van der Waals surface area contributed by atoms with E-state index in [9.17, 15) is 23.3 Å². The molecule has 0 aliphatic heterocycles. The number of anilines is 1. The van der Waals surface area contributed by atoms with Gasteiger partial charge in [-0.05, 0) is 36.4 Å². The molecule has 0 atom stereocenters. The van der Waals surface area contributed by atoms with E-state index in [1.54, 1.807) is 35.1 Å². The highest BCUT2D eigenvalue weighted by molar-refractivity contribution is 7.89. The number of benzene rings is 3. The Morgan fingerprint density at radius 1 is 1.05 bits per heavy atom. The normalized spacial score (nSPS) is 11.7. The molecule has 0 radical (unpaired) electrons. The standard InChI is InChI=1S/C25H18N6O6S/c26-38(35,36)19-10-11-21(22(13-19)31(33)34)28-27-14-17-15-30(18-7-2-1-3-8-18)29-24(17)20-12-16-6-4-5-9-23(16)37-25(20)32/h1-15,28H,(H2,26,35,36). The first kappa shape index (κ1) is 24.5. The lowest BCUT2D eigenvalue weighted by Gasteiger charge is -2.04. The van der Waals surface area contributed by atoms with Crippen molar-refractivity contribution in [2.24, 2.45) is 10.2 Å². The molecule has 0 saturated carbocycles. The lowest BCUT2D eigenvalue weighted by Crippen LogP contribution is -2.12. The van der Waals surface area contributed by atoms with Crippen LogP contribution >= 0.6 is 0 Å². The molecule has 0 amide bonds. The van der Waals surface area contributed by atoms with Crippen LogP contribution in [0.3, 0.4) is 0 Å². The summed E-state index contributed by atoms with van der Waals surface area (Å²) in [5, 5.41) is 25.9. The monoisotopic (exact) mass is 530 g/mol. The molecule has 0 spiro atoms. The Balaban J connectivity index is 1.57. The van der Waals surface area contributed by atoms with Crippen molar-refractivity contribution in [2.45, 2.75) is 4.90 Å². The molecule has 5 rings (SSSR count). The Bertz CT molecular complexity index is 1880. The van der Waals surface area contributed by atoms with Crippen molar-refractivity contribution < 1.29 is 17.8 Å². The van der Waals surface area contributed by atoms with Gasteiger partial charge in [0.05, 0.1) is 27.3 Å². The summed E-state index contributed by atoms with van der Waals surface area (Å²) in [6, 6.07) is 21.0. The zero-order chi connectivity index (χ0) is 26.9. The van der Waals surface area contributed by atoms with Gasteiger partial charge in [-0.15, -0.1) is 0 Å². The van der Waals surface area contributed by atoms with Crippen molar-refractivity contribution in [1.29, 1.82) is 0 Å². The third kappa shape index (κ3) is 4.91. The van der Waals surface area contributed by atoms with Gasteiger partial charge in [0.15, 0.2) is 0 Å². The SMILES string of the molecule is NS(=O)(=O)c1ccc(NN=Cc2cn(-c3ccccc3)nc2-c2cc3ccccc3oc2=O)c([N+](=O)[O-])c1. The summed E-state index contributed by atoms with van der Waals surface area (Å²) in [7, 11) is -4.14. The van der Waals surface area contributed by atoms with Crippen molar-refractivity contribution >= 4 is 38.6 Å². The number of nitro benzene ring substituents is 1. The van der Waals surface area contributed by atoms with E-state index in [1.807, 2.05) is 36.4 Å². The number of nitrogens with two attached hydrogens (primary N) is 1. The summed E-state index contributed by atoms with van der Waals surface area (Å²) in [5.74, 6) is 0. The zero-order valence-electron chi connectivity index (χ0n) is 19.4. The number of hydrazone groups is 1. The van der Waals surface area contributed by atoms with Crippen LogP contribution in [-0.2, 0) is 10.0 Å². The second kappa shape index (κ2) is 9.72. The molecule has 0 aliphatic rings. The third-order valence-electron chi connectivity index (χ3n) is 5.54. The highest BCUT2D eigenvalue weighted by atomic mass is 32.2. The fourth-order valence-corrected chi connectivity index (χ4v) is 4.27. The Labute approximate surface area is 214 Å². The van der Waals surface area contributed by atoms with E-state index in [0.717, 1.165) is 17.8 Å². The minimum absolute atomic E-state index is 0.0686. The molecule has 2 heterocycles. The quantitative estimate of drug-likeness (QED) is 0.139. The Morgan fingerprint density at radius 2 is 1.79 bits per heavy atom. The predicted molar refractivity (Wildman–Crippen MR) is 141 cm³/mol. The number of sulfonamides is 1. The average molecular weight is 531 g/mol. The largest absolute Gasteiger partial charge is 0.422 e. The van der Waals surface area contributed by atoms with E-state index in [2.05, 4.69) is 15.6 Å². The van der Waals surface area contributed by atoms with Crippen molar-refractivity contribution in [2.75, 3.05) is 5.43 Å². The van der Waals surface area contributed by atoms with Crippen LogP contribution in [0, 0.1) is 10.1 Å². The lowest BCUT2D eigenvalue weighted by molar-refractivity contribution is -0.384. The molecule has 0 unspecified atom stereocenters. The minimum Gasteiger partial charge on any atom is -0.422 e. The highest BCUT2D eigenvalue weighted by Crippen LogP contribution is 2.28. The summed E-state index contributed by atoms with van der Waals surface area (Å²) in [5.41, 5.74) is 3.38. The van der Waals surface area contributed by atoms with E-state index >= 15 is 0 Å². The second-order valence-corrected chi connectivity index (χ2v) is 9.61. The molecular formula is C25H18N6O6S. The molecule has 0 saturated heterocycles. The molecule has 3 N–H and O–H groups in total. The number of hydrogen-bond acceptors (Lipinski definition) is 9. The van der Waals surface area contributed by atoms with Gasteiger partial charge < -0.3 is 4.42 Å². The predicted octanol–water partition coefficient (Wildman–Crippen LogP) is 3.65. The number of nitro groups is 1. The van der Waals surface area contributed by atoms with Crippen molar-refractivity contribution in [3.63, 3.8) is 0 Å². The number of primary sulfonamides is 1. The number of fused-ring (bicyclic) bond motifs is 1. The summed E-state index contributed by atoms with van der Waals surface area (Å²) in [4.78, 5) is 23.2. The van der Waals surface area contributed by atoms with Gasteiger partial charge in [-0.3, -0.25) is 15.5 Å². The minimum atomic E-state index is -4.14. The first-order valence-corrected chi connectivity index (χ1v) is 12.5. The first-order chi connectivity index (χ1) is 18.2. The number of nitrogens with one attached hydrogen (secondary N) is 1. The maximum absolute atomic E-state index is 12.8. The Morgan fingerprint density at radius 3 is 2.53 bits per heavy atom. The molecule has 0 bridgehead atoms. The number of nitrogens with zero attached hydrogens (tertiary/aromatic N) is 4. The third-order valence-corrected chi connectivity index (χ3v) is 6.45. The van der Waals surface area contributed by atoms with E-state index in [4.69, 9.17) is 9.56 Å². The van der Waals surface area contributed by atoms with Gasteiger partial charge in [-0.25, -0.2) is 23.0 Å². The molecule has 0 aliphatic carbocycles. The molecule has 3 aromatic carbocycles. The number of para-hydroxylation sites is 2. The summed E-state index contributed by atoms with van der Waals surface area (Å²) in [6.45, 7) is 0. The van der Waals surface area contributed by atoms with Crippen LogP contribution in [-0.4, -0.2) is 29.3 Å². The maximum atomic E-state index is 12.8. The van der Waals surface area contributed by atoms with Crippen molar-refractivity contribution in [3.05, 3.63) is 111 Å². The van der Waals surface area contributed by atoms with E-state index < -0.39 is 31.2 Å².